The molecule has 1 heterocycles. The Morgan fingerprint density at radius 2 is 1.78 bits per heavy atom. The fourth-order valence-corrected chi connectivity index (χ4v) is 2.36. The van der Waals surface area contributed by atoms with Crippen molar-refractivity contribution < 1.29 is 18.0 Å². The Morgan fingerprint density at radius 3 is 2.17 bits per heavy atom. The summed E-state index contributed by atoms with van der Waals surface area (Å²) in [4.78, 5) is 24.4. The Balaban J connectivity index is 2.36. The van der Waals surface area contributed by atoms with Gasteiger partial charge in [-0.25, -0.2) is 13.6 Å². The van der Waals surface area contributed by atoms with Gasteiger partial charge in [0.05, 0.1) is 10.6 Å². The van der Waals surface area contributed by atoms with Crippen molar-refractivity contribution in [3.8, 4) is 0 Å². The number of primary sulfonamides is 1. The van der Waals surface area contributed by atoms with E-state index in [9.17, 15) is 18.0 Å². The predicted molar refractivity (Wildman–Crippen MR) is 64.1 cm³/mol. The SMILES string of the molecule is C[C@@H]1CC(=O)N(c2ccc(S(N)(=O)=O)cc2)C1=O. The highest BCUT2D eigenvalue weighted by atomic mass is 32.2. The van der Waals surface area contributed by atoms with E-state index in [1.54, 1.807) is 6.92 Å². The summed E-state index contributed by atoms with van der Waals surface area (Å²) in [5, 5.41) is 4.96. The van der Waals surface area contributed by atoms with Gasteiger partial charge >= 0.3 is 0 Å². The van der Waals surface area contributed by atoms with Crippen molar-refractivity contribution in [1.29, 1.82) is 0 Å². The molecule has 0 aliphatic carbocycles. The molecular weight excluding hydrogens is 256 g/mol. The van der Waals surface area contributed by atoms with Crippen molar-refractivity contribution in [3.05, 3.63) is 24.3 Å². The maximum atomic E-state index is 11.8. The lowest BCUT2D eigenvalue weighted by Gasteiger charge is -2.14. The molecule has 2 rings (SSSR count). The number of rotatable bonds is 2. The molecule has 0 spiro atoms. The number of hydrogen-bond acceptors (Lipinski definition) is 4. The van der Waals surface area contributed by atoms with Gasteiger partial charge in [-0.2, -0.15) is 0 Å². The fraction of sp³-hybridized carbons (Fsp3) is 0.273. The highest BCUT2D eigenvalue weighted by molar-refractivity contribution is 7.89. The fourth-order valence-electron chi connectivity index (χ4n) is 1.84. The van der Waals surface area contributed by atoms with Gasteiger partial charge in [0, 0.05) is 12.3 Å². The molecule has 0 aromatic heterocycles. The first-order valence-electron chi connectivity index (χ1n) is 5.30. The molecule has 6 nitrogen and oxygen atoms in total. The smallest absolute Gasteiger partial charge is 0.238 e. The van der Waals surface area contributed by atoms with Gasteiger partial charge in [0.1, 0.15) is 0 Å². The summed E-state index contributed by atoms with van der Waals surface area (Å²) in [7, 11) is -3.77. The molecule has 0 bridgehead atoms. The second-order valence-corrected chi connectivity index (χ2v) is 5.77. The predicted octanol–water partition coefficient (Wildman–Crippen LogP) is 0.233. The minimum atomic E-state index is -3.77. The lowest BCUT2D eigenvalue weighted by molar-refractivity contribution is -0.122. The molecule has 18 heavy (non-hydrogen) atoms. The van der Waals surface area contributed by atoms with E-state index in [0.29, 0.717) is 5.69 Å². The molecule has 1 atom stereocenters. The molecule has 0 radical (unpaired) electrons. The highest BCUT2D eigenvalue weighted by Gasteiger charge is 2.36. The summed E-state index contributed by atoms with van der Waals surface area (Å²) in [5.41, 5.74) is 0.363. The molecule has 0 saturated carbocycles. The lowest BCUT2D eigenvalue weighted by Crippen LogP contribution is -2.30. The summed E-state index contributed by atoms with van der Waals surface area (Å²) in [6.07, 6.45) is 0.176. The van der Waals surface area contributed by atoms with Crippen molar-refractivity contribution in [1.82, 2.24) is 0 Å². The zero-order chi connectivity index (χ0) is 13.5. The van der Waals surface area contributed by atoms with Crippen molar-refractivity contribution in [3.63, 3.8) is 0 Å². The van der Waals surface area contributed by atoms with Crippen LogP contribution < -0.4 is 10.0 Å². The monoisotopic (exact) mass is 268 g/mol. The Morgan fingerprint density at radius 1 is 1.22 bits per heavy atom. The normalized spacial score (nSPS) is 20.6. The van der Waals surface area contributed by atoms with Gasteiger partial charge in [0.2, 0.25) is 21.8 Å². The average Bonchev–Trinajstić information content (AvgIpc) is 2.52. The first-order chi connectivity index (χ1) is 8.30. The Labute approximate surface area is 104 Å². The van der Waals surface area contributed by atoms with Gasteiger partial charge in [-0.1, -0.05) is 6.92 Å². The van der Waals surface area contributed by atoms with E-state index in [1.807, 2.05) is 0 Å². The Hall–Kier alpha value is -1.73. The molecule has 2 N–H and O–H groups in total. The third-order valence-electron chi connectivity index (χ3n) is 2.80. The molecular formula is C11H12N2O4S. The number of hydrogen-bond donors (Lipinski definition) is 1. The van der Waals surface area contributed by atoms with Crippen molar-refractivity contribution in [2.45, 2.75) is 18.2 Å². The van der Waals surface area contributed by atoms with Crippen molar-refractivity contribution in [2.75, 3.05) is 4.90 Å². The van der Waals surface area contributed by atoms with Crippen molar-refractivity contribution in [2.24, 2.45) is 11.1 Å². The maximum Gasteiger partial charge on any atom is 0.238 e. The summed E-state index contributed by atoms with van der Waals surface area (Å²) in [5.74, 6) is -0.894. The Bertz CT molecular complexity index is 606. The number of carbonyl (C=O) groups excluding carboxylic acids is 2. The number of anilines is 1. The highest BCUT2D eigenvalue weighted by Crippen LogP contribution is 2.26. The summed E-state index contributed by atoms with van der Waals surface area (Å²) >= 11 is 0. The van der Waals surface area contributed by atoms with Gasteiger partial charge in [0.15, 0.2) is 0 Å². The number of amides is 2. The van der Waals surface area contributed by atoms with Crippen LogP contribution in [0.2, 0.25) is 0 Å². The molecule has 0 unspecified atom stereocenters. The van der Waals surface area contributed by atoms with Crippen LogP contribution in [0.3, 0.4) is 0 Å². The third kappa shape index (κ3) is 2.14. The van der Waals surface area contributed by atoms with Gasteiger partial charge in [-0.15, -0.1) is 0 Å². The number of carbonyl (C=O) groups is 2. The second kappa shape index (κ2) is 4.18. The quantitative estimate of drug-likeness (QED) is 0.776. The van der Waals surface area contributed by atoms with Crippen LogP contribution in [0, 0.1) is 5.92 Å². The summed E-state index contributed by atoms with van der Waals surface area (Å²) in [6.45, 7) is 1.68. The zero-order valence-corrected chi connectivity index (χ0v) is 10.5. The van der Waals surface area contributed by atoms with E-state index < -0.39 is 10.0 Å². The topological polar surface area (TPSA) is 97.5 Å². The molecule has 7 heteroatoms. The molecule has 1 aliphatic heterocycles. The van der Waals surface area contributed by atoms with Gasteiger partial charge in [0.25, 0.3) is 0 Å². The Kier molecular flexibility index (Phi) is 2.95. The largest absolute Gasteiger partial charge is 0.274 e. The summed E-state index contributed by atoms with van der Waals surface area (Å²) in [6, 6.07) is 5.34. The number of nitrogens with zero attached hydrogens (tertiary/aromatic N) is 1. The van der Waals surface area contributed by atoms with Gasteiger partial charge < -0.3 is 0 Å². The number of sulfonamides is 1. The van der Waals surface area contributed by atoms with Crippen LogP contribution in [0.4, 0.5) is 5.69 Å². The van der Waals surface area contributed by atoms with E-state index in [2.05, 4.69) is 0 Å². The van der Waals surface area contributed by atoms with Gasteiger partial charge in [-0.05, 0) is 24.3 Å². The maximum absolute atomic E-state index is 11.8. The van der Waals surface area contributed by atoms with Crippen LogP contribution in [-0.4, -0.2) is 20.2 Å². The minimum absolute atomic E-state index is 0.0570. The standard InChI is InChI=1S/C11H12N2O4S/c1-7-6-10(14)13(11(7)15)8-2-4-9(5-3-8)18(12,16)17/h2-5,7H,6H2,1H3,(H2,12,16,17)/t7-/m1/s1. The molecule has 1 aliphatic rings. The molecule has 1 fully saturated rings. The van der Waals surface area contributed by atoms with E-state index in [0.717, 1.165) is 4.90 Å². The van der Waals surface area contributed by atoms with Crippen LogP contribution in [-0.2, 0) is 19.6 Å². The zero-order valence-electron chi connectivity index (χ0n) is 9.66. The third-order valence-corrected chi connectivity index (χ3v) is 3.72. The van der Waals surface area contributed by atoms with Crippen LogP contribution in [0.15, 0.2) is 29.2 Å². The molecule has 1 saturated heterocycles. The van der Waals surface area contributed by atoms with Crippen LogP contribution in [0.1, 0.15) is 13.3 Å². The molecule has 96 valence electrons. The lowest BCUT2D eigenvalue weighted by atomic mass is 10.1. The number of benzene rings is 1. The average molecular weight is 268 g/mol. The molecule has 2 amide bonds. The minimum Gasteiger partial charge on any atom is -0.274 e. The van der Waals surface area contributed by atoms with Gasteiger partial charge in [-0.3, -0.25) is 14.5 Å². The molecule has 1 aromatic carbocycles. The van der Waals surface area contributed by atoms with Crippen LogP contribution in [0.25, 0.3) is 0 Å². The summed E-state index contributed by atoms with van der Waals surface area (Å²) < 4.78 is 22.2. The van der Waals surface area contributed by atoms with Crippen molar-refractivity contribution >= 4 is 27.5 Å². The second-order valence-electron chi connectivity index (χ2n) is 4.21. The van der Waals surface area contributed by atoms with E-state index in [1.165, 1.54) is 24.3 Å². The first-order valence-corrected chi connectivity index (χ1v) is 6.85. The van der Waals surface area contributed by atoms with E-state index >= 15 is 0 Å². The first kappa shape index (κ1) is 12.7. The van der Waals surface area contributed by atoms with E-state index in [4.69, 9.17) is 5.14 Å². The van der Waals surface area contributed by atoms with Crippen LogP contribution in [0.5, 0.6) is 0 Å². The number of nitrogens with two attached hydrogens (primary N) is 1. The molecule has 1 aromatic rings. The van der Waals surface area contributed by atoms with E-state index in [-0.39, 0.29) is 29.0 Å². The number of imide groups is 1. The van der Waals surface area contributed by atoms with Crippen LogP contribution >= 0.6 is 0 Å².